The molecule has 3 aromatic heterocycles. The summed E-state index contributed by atoms with van der Waals surface area (Å²) < 4.78 is 6.31. The minimum Gasteiger partial charge on any atom is -0.306 e. The molecule has 0 aliphatic carbocycles. The van der Waals surface area contributed by atoms with Crippen molar-refractivity contribution in [3.8, 4) is 5.69 Å². The van der Waals surface area contributed by atoms with Crippen LogP contribution in [-0.4, -0.2) is 9.55 Å². The standard InChI is InChI=1S/C25H14N2S2/c1-3-8-19-15(6-1)17-12-13-18-16-7-2-4-10-21(16)29-25(18)24(17)27(19)20-9-5-11-22-23(20)26-14-28-22/h1-14H. The molecule has 0 N–H and O–H groups in total. The summed E-state index contributed by atoms with van der Waals surface area (Å²) in [6, 6.07) is 28.5. The fourth-order valence-electron chi connectivity index (χ4n) is 4.53. The van der Waals surface area contributed by atoms with Crippen molar-refractivity contribution in [2.45, 2.75) is 0 Å². The van der Waals surface area contributed by atoms with Gasteiger partial charge in [-0.25, -0.2) is 4.98 Å². The van der Waals surface area contributed by atoms with Crippen LogP contribution in [0.25, 0.3) is 57.9 Å². The van der Waals surface area contributed by atoms with E-state index in [9.17, 15) is 0 Å². The second-order valence-electron chi connectivity index (χ2n) is 7.27. The van der Waals surface area contributed by atoms with Crippen molar-refractivity contribution in [3.63, 3.8) is 0 Å². The van der Waals surface area contributed by atoms with E-state index in [0.717, 1.165) is 11.2 Å². The van der Waals surface area contributed by atoms with Gasteiger partial charge in [-0.2, -0.15) is 0 Å². The predicted molar refractivity (Wildman–Crippen MR) is 127 cm³/mol. The van der Waals surface area contributed by atoms with Crippen LogP contribution in [0.3, 0.4) is 0 Å². The Morgan fingerprint density at radius 2 is 1.45 bits per heavy atom. The Labute approximate surface area is 174 Å². The highest BCUT2D eigenvalue weighted by molar-refractivity contribution is 7.26. The Morgan fingerprint density at radius 3 is 2.41 bits per heavy atom. The van der Waals surface area contributed by atoms with Gasteiger partial charge in [0.1, 0.15) is 5.52 Å². The maximum absolute atomic E-state index is 4.71. The summed E-state index contributed by atoms with van der Waals surface area (Å²) >= 11 is 3.58. The van der Waals surface area contributed by atoms with Gasteiger partial charge in [0.25, 0.3) is 0 Å². The average Bonchev–Trinajstić information content (AvgIpc) is 3.47. The zero-order valence-electron chi connectivity index (χ0n) is 15.3. The average molecular weight is 407 g/mol. The van der Waals surface area contributed by atoms with E-state index < -0.39 is 0 Å². The zero-order chi connectivity index (χ0) is 18.9. The van der Waals surface area contributed by atoms with Gasteiger partial charge in [-0.15, -0.1) is 22.7 Å². The summed E-state index contributed by atoms with van der Waals surface area (Å²) in [4.78, 5) is 4.71. The molecular formula is C25H14N2S2. The number of thiazole rings is 1. The molecule has 0 aliphatic rings. The molecule has 0 spiro atoms. The molecule has 2 nitrogen and oxygen atoms in total. The quantitative estimate of drug-likeness (QED) is 0.272. The number of nitrogens with zero attached hydrogens (tertiary/aromatic N) is 2. The lowest BCUT2D eigenvalue weighted by atomic mass is 10.1. The maximum Gasteiger partial charge on any atom is 0.105 e. The molecule has 0 amide bonds. The van der Waals surface area contributed by atoms with E-state index in [4.69, 9.17) is 4.98 Å². The van der Waals surface area contributed by atoms with Crippen LogP contribution in [0.4, 0.5) is 0 Å². The van der Waals surface area contributed by atoms with Gasteiger partial charge in [-0.3, -0.25) is 0 Å². The first-order valence-electron chi connectivity index (χ1n) is 9.56. The summed E-state index contributed by atoms with van der Waals surface area (Å²) in [6.45, 7) is 0. The second-order valence-corrected chi connectivity index (χ2v) is 9.20. The first-order chi connectivity index (χ1) is 14.4. The van der Waals surface area contributed by atoms with Crippen LogP contribution < -0.4 is 0 Å². The molecule has 0 atom stereocenters. The highest BCUT2D eigenvalue weighted by Gasteiger charge is 2.18. The van der Waals surface area contributed by atoms with Crippen molar-refractivity contribution < 1.29 is 0 Å². The lowest BCUT2D eigenvalue weighted by Gasteiger charge is -2.09. The molecule has 4 aromatic carbocycles. The van der Waals surface area contributed by atoms with Crippen LogP contribution in [-0.2, 0) is 0 Å². The number of hydrogen-bond acceptors (Lipinski definition) is 3. The normalized spacial score (nSPS) is 12.1. The van der Waals surface area contributed by atoms with Crippen molar-refractivity contribution in [2.75, 3.05) is 0 Å². The molecule has 4 heteroatoms. The van der Waals surface area contributed by atoms with Crippen LogP contribution in [0.2, 0.25) is 0 Å². The molecule has 0 unspecified atom stereocenters. The molecule has 3 heterocycles. The lowest BCUT2D eigenvalue weighted by Crippen LogP contribution is -1.95. The van der Waals surface area contributed by atoms with E-state index in [2.05, 4.69) is 83.4 Å². The van der Waals surface area contributed by atoms with Crippen molar-refractivity contribution >= 4 is 74.9 Å². The van der Waals surface area contributed by atoms with E-state index in [-0.39, 0.29) is 0 Å². The highest BCUT2D eigenvalue weighted by Crippen LogP contribution is 2.43. The Kier molecular flexibility index (Phi) is 3.06. The second kappa shape index (κ2) is 5.66. The summed E-state index contributed by atoms with van der Waals surface area (Å²) in [5, 5.41) is 5.24. The van der Waals surface area contributed by atoms with Crippen LogP contribution in [0.1, 0.15) is 0 Å². The fraction of sp³-hybridized carbons (Fsp3) is 0. The third kappa shape index (κ3) is 2.02. The van der Waals surface area contributed by atoms with Gasteiger partial charge in [-0.05, 0) is 24.3 Å². The van der Waals surface area contributed by atoms with Gasteiger partial charge < -0.3 is 4.57 Å². The van der Waals surface area contributed by atoms with Crippen LogP contribution in [0.15, 0.2) is 84.4 Å². The molecule has 7 rings (SSSR count). The minimum absolute atomic E-state index is 1.07. The molecule has 0 fully saturated rings. The summed E-state index contributed by atoms with van der Waals surface area (Å²) in [5.41, 5.74) is 6.67. The van der Waals surface area contributed by atoms with Gasteiger partial charge in [-0.1, -0.05) is 54.6 Å². The fourth-order valence-corrected chi connectivity index (χ4v) is 6.47. The highest BCUT2D eigenvalue weighted by atomic mass is 32.1. The first kappa shape index (κ1) is 15.7. The smallest absolute Gasteiger partial charge is 0.105 e. The van der Waals surface area contributed by atoms with Gasteiger partial charge >= 0.3 is 0 Å². The lowest BCUT2D eigenvalue weighted by molar-refractivity contribution is 1.19. The van der Waals surface area contributed by atoms with Gasteiger partial charge in [0.15, 0.2) is 0 Å². The minimum atomic E-state index is 1.07. The van der Waals surface area contributed by atoms with Crippen LogP contribution in [0.5, 0.6) is 0 Å². The largest absolute Gasteiger partial charge is 0.306 e. The molecule has 0 bridgehead atoms. The zero-order valence-corrected chi connectivity index (χ0v) is 16.9. The van der Waals surface area contributed by atoms with E-state index in [1.807, 2.05) is 16.8 Å². The molecule has 29 heavy (non-hydrogen) atoms. The van der Waals surface area contributed by atoms with Gasteiger partial charge in [0.2, 0.25) is 0 Å². The molecule has 136 valence electrons. The molecule has 0 aliphatic heterocycles. The molecular weight excluding hydrogens is 392 g/mol. The van der Waals surface area contributed by atoms with Crippen LogP contribution in [0, 0.1) is 0 Å². The van der Waals surface area contributed by atoms with E-state index in [0.29, 0.717) is 0 Å². The van der Waals surface area contributed by atoms with Crippen molar-refractivity contribution in [3.05, 3.63) is 84.4 Å². The van der Waals surface area contributed by atoms with E-state index in [1.54, 1.807) is 11.3 Å². The summed E-state index contributed by atoms with van der Waals surface area (Å²) in [7, 11) is 0. The monoisotopic (exact) mass is 406 g/mol. The van der Waals surface area contributed by atoms with E-state index in [1.165, 1.54) is 46.7 Å². The Hall–Kier alpha value is -3.21. The maximum atomic E-state index is 4.71. The number of benzene rings is 4. The topological polar surface area (TPSA) is 17.8 Å². The van der Waals surface area contributed by atoms with Crippen molar-refractivity contribution in [1.82, 2.24) is 9.55 Å². The first-order valence-corrected chi connectivity index (χ1v) is 11.3. The summed E-state index contributed by atoms with van der Waals surface area (Å²) in [6.07, 6.45) is 0. The van der Waals surface area contributed by atoms with Gasteiger partial charge in [0, 0.05) is 26.2 Å². The number of fused-ring (bicyclic) bond motifs is 8. The predicted octanol–water partition coefficient (Wildman–Crippen LogP) is 7.76. The third-order valence-corrected chi connectivity index (χ3v) is 7.75. The Morgan fingerprint density at radius 1 is 0.655 bits per heavy atom. The Balaban J connectivity index is 1.79. The number of rotatable bonds is 1. The molecule has 0 saturated heterocycles. The summed E-state index contributed by atoms with van der Waals surface area (Å²) in [5.74, 6) is 0. The van der Waals surface area contributed by atoms with Crippen molar-refractivity contribution in [2.24, 2.45) is 0 Å². The Bertz CT molecular complexity index is 1720. The SMILES string of the molecule is c1cc(-n2c3ccccc3c3ccc4c5ccccc5sc4c32)c2ncsc2c1. The molecule has 0 radical (unpaired) electrons. The van der Waals surface area contributed by atoms with Crippen LogP contribution >= 0.6 is 22.7 Å². The number of thiophene rings is 1. The van der Waals surface area contributed by atoms with Crippen molar-refractivity contribution in [1.29, 1.82) is 0 Å². The van der Waals surface area contributed by atoms with E-state index >= 15 is 0 Å². The third-order valence-electron chi connectivity index (χ3n) is 5.76. The van der Waals surface area contributed by atoms with Gasteiger partial charge in [0.05, 0.1) is 31.6 Å². The number of para-hydroxylation sites is 2. The molecule has 0 saturated carbocycles. The number of aromatic nitrogens is 2. The molecule has 7 aromatic rings. The number of hydrogen-bond donors (Lipinski definition) is 0.